The lowest BCUT2D eigenvalue weighted by Crippen LogP contribution is -2.47. The number of nitrogens with one attached hydrogen (secondary N) is 1. The Balaban J connectivity index is 1.52. The Kier molecular flexibility index (Phi) is 7.03. The fourth-order valence-electron chi connectivity index (χ4n) is 5.11. The predicted octanol–water partition coefficient (Wildman–Crippen LogP) is 4.93. The van der Waals surface area contributed by atoms with Crippen molar-refractivity contribution < 1.29 is 9.59 Å². The number of anilines is 1. The number of rotatable bonds is 6. The summed E-state index contributed by atoms with van der Waals surface area (Å²) in [5.74, 6) is -0.257. The van der Waals surface area contributed by atoms with Gasteiger partial charge in [-0.1, -0.05) is 98.1 Å². The third kappa shape index (κ3) is 5.35. The predicted molar refractivity (Wildman–Crippen MR) is 140 cm³/mol. The molecule has 0 radical (unpaired) electrons. The van der Waals surface area contributed by atoms with Gasteiger partial charge < -0.3 is 10.2 Å². The molecule has 178 valence electrons. The van der Waals surface area contributed by atoms with Crippen LogP contribution in [-0.2, 0) is 16.0 Å². The Labute approximate surface area is 206 Å². The molecule has 1 saturated carbocycles. The van der Waals surface area contributed by atoms with Crippen molar-refractivity contribution in [2.75, 3.05) is 11.4 Å². The minimum absolute atomic E-state index is 0.00474. The first-order valence-electron chi connectivity index (χ1n) is 12.6. The molecule has 0 unspecified atom stereocenters. The monoisotopic (exact) mass is 465 g/mol. The van der Waals surface area contributed by atoms with E-state index in [2.05, 4.69) is 5.32 Å². The van der Waals surface area contributed by atoms with Crippen LogP contribution in [0.1, 0.15) is 48.8 Å². The lowest BCUT2D eigenvalue weighted by atomic mass is 9.95. The van der Waals surface area contributed by atoms with Crippen molar-refractivity contribution in [3.63, 3.8) is 0 Å². The van der Waals surface area contributed by atoms with Crippen molar-refractivity contribution in [1.29, 1.82) is 0 Å². The molecule has 3 aromatic carbocycles. The zero-order valence-corrected chi connectivity index (χ0v) is 19.9. The number of carbonyl (C=O) groups excluding carboxylic acids is 2. The van der Waals surface area contributed by atoms with E-state index >= 15 is 0 Å². The van der Waals surface area contributed by atoms with E-state index in [-0.39, 0.29) is 24.4 Å². The summed E-state index contributed by atoms with van der Waals surface area (Å²) in [6.45, 7) is -0.00474. The second kappa shape index (κ2) is 10.7. The first-order valence-corrected chi connectivity index (χ1v) is 12.6. The molecule has 2 aliphatic rings. The highest BCUT2D eigenvalue weighted by molar-refractivity contribution is 6.20. The number of aliphatic imine (C=N–C) groups is 1. The fourth-order valence-corrected chi connectivity index (χ4v) is 5.11. The molecule has 1 N–H and O–H groups in total. The summed E-state index contributed by atoms with van der Waals surface area (Å²) in [4.78, 5) is 33.7. The van der Waals surface area contributed by atoms with E-state index in [4.69, 9.17) is 4.99 Å². The maximum absolute atomic E-state index is 14.0. The normalized spacial score (nSPS) is 18.4. The van der Waals surface area contributed by atoms with Gasteiger partial charge in [-0.05, 0) is 24.5 Å². The lowest BCUT2D eigenvalue weighted by molar-refractivity contribution is -0.124. The topological polar surface area (TPSA) is 61.8 Å². The van der Waals surface area contributed by atoms with Crippen molar-refractivity contribution >= 4 is 23.2 Å². The molecule has 1 atom stereocenters. The Bertz CT molecular complexity index is 1200. The minimum Gasteiger partial charge on any atom is -0.352 e. The van der Waals surface area contributed by atoms with Gasteiger partial charge in [0, 0.05) is 23.6 Å². The number of nitrogens with zero attached hydrogens (tertiary/aromatic N) is 2. The highest BCUT2D eigenvalue weighted by atomic mass is 16.2. The maximum atomic E-state index is 14.0. The molecule has 35 heavy (non-hydrogen) atoms. The summed E-state index contributed by atoms with van der Waals surface area (Å²) >= 11 is 0. The van der Waals surface area contributed by atoms with Crippen molar-refractivity contribution in [3.8, 4) is 0 Å². The summed E-state index contributed by atoms with van der Waals surface area (Å²) in [5, 5.41) is 3.18. The molecule has 0 aromatic heterocycles. The number of amides is 2. The highest BCUT2D eigenvalue weighted by Crippen LogP contribution is 2.29. The Morgan fingerprint density at radius 2 is 1.51 bits per heavy atom. The van der Waals surface area contributed by atoms with Crippen LogP contribution in [0.2, 0.25) is 0 Å². The van der Waals surface area contributed by atoms with Crippen LogP contribution in [-0.4, -0.2) is 36.2 Å². The van der Waals surface area contributed by atoms with Crippen LogP contribution in [0, 0.1) is 0 Å². The average molecular weight is 466 g/mol. The van der Waals surface area contributed by atoms with E-state index in [0.29, 0.717) is 6.42 Å². The number of benzodiazepines with no additional fused rings is 1. The van der Waals surface area contributed by atoms with E-state index in [1.807, 2.05) is 84.9 Å². The first-order chi connectivity index (χ1) is 17.2. The summed E-state index contributed by atoms with van der Waals surface area (Å²) in [5.41, 5.74) is 4.38. The van der Waals surface area contributed by atoms with Crippen LogP contribution in [0.5, 0.6) is 0 Å². The molecule has 5 nitrogen and oxygen atoms in total. The Morgan fingerprint density at radius 1 is 0.857 bits per heavy atom. The fraction of sp³-hybridized carbons (Fsp3) is 0.300. The lowest BCUT2D eigenvalue weighted by Gasteiger charge is -2.27. The van der Waals surface area contributed by atoms with Crippen molar-refractivity contribution in [2.45, 2.75) is 50.6 Å². The molecule has 1 heterocycles. The summed E-state index contributed by atoms with van der Waals surface area (Å²) < 4.78 is 0. The van der Waals surface area contributed by atoms with Gasteiger partial charge in [0.15, 0.2) is 0 Å². The van der Waals surface area contributed by atoms with Gasteiger partial charge >= 0.3 is 0 Å². The number of carbonyl (C=O) groups is 2. The molecule has 5 rings (SSSR count). The van der Waals surface area contributed by atoms with Gasteiger partial charge in [0.1, 0.15) is 12.6 Å². The van der Waals surface area contributed by atoms with Crippen molar-refractivity contribution in [1.82, 2.24) is 5.32 Å². The number of hydrogen-bond acceptors (Lipinski definition) is 3. The zero-order chi connectivity index (χ0) is 24.0. The third-order valence-corrected chi connectivity index (χ3v) is 6.88. The number of fused-ring (bicyclic) bond motifs is 1. The number of hydrogen-bond donors (Lipinski definition) is 1. The standard InChI is InChI=1S/C30H31N3O2/c34-28(31-24-16-8-3-9-17-24)21-33-27-19-11-10-18-25(27)29(23-14-6-2-7-15-23)32-26(30(33)35)20-22-12-4-1-5-13-22/h1-2,4-7,10-15,18-19,24,26H,3,8-9,16-17,20-21H2,(H,31,34)/t26-/m1/s1. The molecular formula is C30H31N3O2. The molecule has 1 aliphatic heterocycles. The zero-order valence-electron chi connectivity index (χ0n) is 19.9. The van der Waals surface area contributed by atoms with Crippen LogP contribution in [0.15, 0.2) is 89.9 Å². The van der Waals surface area contributed by atoms with E-state index < -0.39 is 6.04 Å². The second-order valence-electron chi connectivity index (χ2n) is 9.39. The highest BCUT2D eigenvalue weighted by Gasteiger charge is 2.33. The molecule has 0 spiro atoms. The molecule has 5 heteroatoms. The summed E-state index contributed by atoms with van der Waals surface area (Å²) in [7, 11) is 0. The van der Waals surface area contributed by atoms with Gasteiger partial charge in [0.25, 0.3) is 5.91 Å². The van der Waals surface area contributed by atoms with E-state index in [1.54, 1.807) is 4.90 Å². The Hall–Kier alpha value is -3.73. The molecule has 1 aliphatic carbocycles. The number of benzene rings is 3. The molecule has 0 saturated heterocycles. The van der Waals surface area contributed by atoms with Crippen LogP contribution < -0.4 is 10.2 Å². The SMILES string of the molecule is O=C(CN1C(=O)[C@@H](Cc2ccccc2)N=C(c2ccccc2)c2ccccc21)NC1CCCCC1. The third-order valence-electron chi connectivity index (χ3n) is 6.88. The van der Waals surface area contributed by atoms with Crippen molar-refractivity contribution in [3.05, 3.63) is 102 Å². The van der Waals surface area contributed by atoms with Crippen molar-refractivity contribution in [2.24, 2.45) is 4.99 Å². The average Bonchev–Trinajstić information content (AvgIpc) is 3.01. The van der Waals surface area contributed by atoms with Crippen LogP contribution >= 0.6 is 0 Å². The second-order valence-corrected chi connectivity index (χ2v) is 9.39. The van der Waals surface area contributed by atoms with E-state index in [1.165, 1.54) is 6.42 Å². The maximum Gasteiger partial charge on any atom is 0.252 e. The van der Waals surface area contributed by atoms with E-state index in [0.717, 1.165) is 53.8 Å². The molecule has 2 amide bonds. The smallest absolute Gasteiger partial charge is 0.252 e. The van der Waals surface area contributed by atoms with Crippen LogP contribution in [0.4, 0.5) is 5.69 Å². The van der Waals surface area contributed by atoms with Gasteiger partial charge in [-0.25, -0.2) is 0 Å². The largest absolute Gasteiger partial charge is 0.352 e. The summed E-state index contributed by atoms with van der Waals surface area (Å²) in [6.07, 6.45) is 6.01. The Morgan fingerprint density at radius 3 is 2.26 bits per heavy atom. The molecule has 0 bridgehead atoms. The van der Waals surface area contributed by atoms with Gasteiger partial charge in [0.05, 0.1) is 11.4 Å². The van der Waals surface area contributed by atoms with Gasteiger partial charge in [-0.15, -0.1) is 0 Å². The quantitative estimate of drug-likeness (QED) is 0.561. The molecule has 1 fully saturated rings. The van der Waals surface area contributed by atoms with E-state index in [9.17, 15) is 9.59 Å². The van der Waals surface area contributed by atoms with Gasteiger partial charge in [0.2, 0.25) is 5.91 Å². The minimum atomic E-state index is -0.623. The van der Waals surface area contributed by atoms with Gasteiger partial charge in [-0.2, -0.15) is 0 Å². The first kappa shape index (κ1) is 23.0. The molecule has 3 aromatic rings. The molecular weight excluding hydrogens is 434 g/mol. The number of para-hydroxylation sites is 1. The van der Waals surface area contributed by atoms with Crippen LogP contribution in [0.25, 0.3) is 0 Å². The van der Waals surface area contributed by atoms with Gasteiger partial charge in [-0.3, -0.25) is 14.6 Å². The van der Waals surface area contributed by atoms with Crippen LogP contribution in [0.3, 0.4) is 0 Å². The summed E-state index contributed by atoms with van der Waals surface area (Å²) in [6, 6.07) is 27.3.